The summed E-state index contributed by atoms with van der Waals surface area (Å²) >= 11 is 6.15. The number of hydrogen-bond acceptors (Lipinski definition) is 2. The molecule has 1 aromatic rings. The number of benzene rings is 1. The van der Waals surface area contributed by atoms with Gasteiger partial charge in [-0.1, -0.05) is 50.6 Å². The first kappa shape index (κ1) is 19.5. The van der Waals surface area contributed by atoms with Crippen molar-refractivity contribution in [1.29, 1.82) is 0 Å². The van der Waals surface area contributed by atoms with Crippen LogP contribution in [0.15, 0.2) is 24.3 Å². The van der Waals surface area contributed by atoms with Crippen LogP contribution in [-0.4, -0.2) is 29.8 Å². The predicted octanol–water partition coefficient (Wildman–Crippen LogP) is 3.63. The van der Waals surface area contributed by atoms with Gasteiger partial charge in [0.1, 0.15) is 0 Å². The quantitative estimate of drug-likeness (QED) is 0.772. The first-order chi connectivity index (χ1) is 10.8. The lowest BCUT2D eigenvalue weighted by Gasteiger charge is -2.22. The van der Waals surface area contributed by atoms with Gasteiger partial charge in [0.05, 0.1) is 0 Å². The van der Waals surface area contributed by atoms with E-state index in [4.69, 9.17) is 11.6 Å². The van der Waals surface area contributed by atoms with E-state index < -0.39 is 5.41 Å². The van der Waals surface area contributed by atoms with Crippen LogP contribution in [0, 0.1) is 5.41 Å². The molecule has 0 heterocycles. The number of hydrogen-bond donors (Lipinski definition) is 1. The van der Waals surface area contributed by atoms with Crippen molar-refractivity contribution >= 4 is 23.4 Å². The van der Waals surface area contributed by atoms with Gasteiger partial charge in [-0.25, -0.2) is 0 Å². The molecule has 1 aromatic carbocycles. The fraction of sp³-hybridized carbons (Fsp3) is 0.556. The van der Waals surface area contributed by atoms with Gasteiger partial charge >= 0.3 is 0 Å². The van der Waals surface area contributed by atoms with E-state index in [1.165, 1.54) is 0 Å². The van der Waals surface area contributed by atoms with Crippen LogP contribution >= 0.6 is 11.6 Å². The second kappa shape index (κ2) is 8.92. The predicted molar refractivity (Wildman–Crippen MR) is 94.2 cm³/mol. The van der Waals surface area contributed by atoms with Gasteiger partial charge in [-0.05, 0) is 25.0 Å². The van der Waals surface area contributed by atoms with Crippen LogP contribution in [0.2, 0.25) is 5.02 Å². The highest BCUT2D eigenvalue weighted by Crippen LogP contribution is 2.17. The van der Waals surface area contributed by atoms with Gasteiger partial charge in [-0.15, -0.1) is 0 Å². The average Bonchev–Trinajstić information content (AvgIpc) is 2.49. The number of halogens is 1. The first-order valence-corrected chi connectivity index (χ1v) is 8.43. The number of carbonyl (C=O) groups is 2. The second-order valence-electron chi connectivity index (χ2n) is 6.61. The molecule has 1 rings (SSSR count). The van der Waals surface area contributed by atoms with Crippen molar-refractivity contribution in [1.82, 2.24) is 10.2 Å². The lowest BCUT2D eigenvalue weighted by Crippen LogP contribution is -2.36. The molecule has 2 amide bonds. The molecule has 0 aliphatic rings. The van der Waals surface area contributed by atoms with Crippen molar-refractivity contribution in [2.45, 2.75) is 47.1 Å². The Kier molecular flexibility index (Phi) is 7.56. The van der Waals surface area contributed by atoms with Crippen LogP contribution in [0.5, 0.6) is 0 Å². The second-order valence-corrected chi connectivity index (χ2v) is 7.02. The zero-order valence-electron chi connectivity index (χ0n) is 14.5. The standard InChI is InChI=1S/C18H27ClN2O2/c1-5-21(13-14-9-6-7-10-15(14)19)16(22)11-8-12-20-17(23)18(2,3)4/h6-7,9-10H,5,8,11-13H2,1-4H3,(H,20,23). The highest BCUT2D eigenvalue weighted by molar-refractivity contribution is 6.31. The summed E-state index contributed by atoms with van der Waals surface area (Å²) in [6.45, 7) is 9.24. The average molecular weight is 339 g/mol. The molecule has 4 nitrogen and oxygen atoms in total. The normalized spacial score (nSPS) is 11.2. The van der Waals surface area contributed by atoms with E-state index in [1.54, 1.807) is 4.90 Å². The summed E-state index contributed by atoms with van der Waals surface area (Å²) in [5.74, 6) is 0.0887. The van der Waals surface area contributed by atoms with Gasteiger partial charge in [0.25, 0.3) is 0 Å². The Bertz CT molecular complexity index is 538. The van der Waals surface area contributed by atoms with Crippen LogP contribution < -0.4 is 5.32 Å². The Morgan fingerprint density at radius 2 is 1.87 bits per heavy atom. The van der Waals surface area contributed by atoms with Crippen LogP contribution in [0.1, 0.15) is 46.1 Å². The highest BCUT2D eigenvalue weighted by atomic mass is 35.5. The summed E-state index contributed by atoms with van der Waals surface area (Å²) in [5.41, 5.74) is 0.550. The van der Waals surface area contributed by atoms with Crippen molar-refractivity contribution in [3.05, 3.63) is 34.9 Å². The van der Waals surface area contributed by atoms with E-state index in [0.29, 0.717) is 37.5 Å². The Morgan fingerprint density at radius 1 is 1.22 bits per heavy atom. The SMILES string of the molecule is CCN(Cc1ccccc1Cl)C(=O)CCCNC(=O)C(C)(C)C. The third-order valence-electron chi connectivity index (χ3n) is 3.59. The summed E-state index contributed by atoms with van der Waals surface area (Å²) in [7, 11) is 0. The minimum atomic E-state index is -0.399. The molecule has 0 saturated carbocycles. The van der Waals surface area contributed by atoms with Crippen molar-refractivity contribution in [3.8, 4) is 0 Å². The molecular weight excluding hydrogens is 312 g/mol. The number of rotatable bonds is 7. The van der Waals surface area contributed by atoms with Crippen LogP contribution in [0.4, 0.5) is 0 Å². The molecule has 5 heteroatoms. The van der Waals surface area contributed by atoms with E-state index in [-0.39, 0.29) is 11.8 Å². The Morgan fingerprint density at radius 3 is 2.43 bits per heavy atom. The molecule has 1 N–H and O–H groups in total. The Hall–Kier alpha value is -1.55. The molecule has 0 atom stereocenters. The molecule has 0 aliphatic heterocycles. The summed E-state index contributed by atoms with van der Waals surface area (Å²) in [5, 5.41) is 3.54. The lowest BCUT2D eigenvalue weighted by molar-refractivity contribution is -0.132. The minimum absolute atomic E-state index is 0.00774. The highest BCUT2D eigenvalue weighted by Gasteiger charge is 2.20. The van der Waals surface area contributed by atoms with Gasteiger partial charge in [0, 0.05) is 36.5 Å². The van der Waals surface area contributed by atoms with Gasteiger partial charge in [0.2, 0.25) is 11.8 Å². The zero-order valence-corrected chi connectivity index (χ0v) is 15.2. The molecule has 23 heavy (non-hydrogen) atoms. The fourth-order valence-corrected chi connectivity index (χ4v) is 2.27. The lowest BCUT2D eigenvalue weighted by atomic mass is 9.96. The number of amides is 2. The zero-order chi connectivity index (χ0) is 17.5. The van der Waals surface area contributed by atoms with Crippen molar-refractivity contribution in [3.63, 3.8) is 0 Å². The number of carbonyl (C=O) groups excluding carboxylic acids is 2. The number of nitrogens with one attached hydrogen (secondary N) is 1. The molecular formula is C18H27ClN2O2. The van der Waals surface area contributed by atoms with E-state index in [2.05, 4.69) is 5.32 Å². The number of nitrogens with zero attached hydrogens (tertiary/aromatic N) is 1. The Labute approximate surface area is 144 Å². The molecule has 0 fully saturated rings. The maximum atomic E-state index is 12.3. The summed E-state index contributed by atoms with van der Waals surface area (Å²) in [4.78, 5) is 25.8. The van der Waals surface area contributed by atoms with Crippen LogP contribution in [0.25, 0.3) is 0 Å². The summed E-state index contributed by atoms with van der Waals surface area (Å²) < 4.78 is 0. The minimum Gasteiger partial charge on any atom is -0.356 e. The largest absolute Gasteiger partial charge is 0.356 e. The van der Waals surface area contributed by atoms with E-state index >= 15 is 0 Å². The molecule has 0 aliphatic carbocycles. The van der Waals surface area contributed by atoms with E-state index in [9.17, 15) is 9.59 Å². The Balaban J connectivity index is 2.43. The smallest absolute Gasteiger partial charge is 0.225 e. The van der Waals surface area contributed by atoms with Gasteiger partial charge in [0.15, 0.2) is 0 Å². The van der Waals surface area contributed by atoms with Crippen LogP contribution in [-0.2, 0) is 16.1 Å². The van der Waals surface area contributed by atoms with Gasteiger partial charge < -0.3 is 10.2 Å². The molecule has 0 bridgehead atoms. The molecule has 0 unspecified atom stereocenters. The first-order valence-electron chi connectivity index (χ1n) is 8.05. The van der Waals surface area contributed by atoms with Gasteiger partial charge in [-0.3, -0.25) is 9.59 Å². The molecule has 128 valence electrons. The fourth-order valence-electron chi connectivity index (χ4n) is 2.07. The van der Waals surface area contributed by atoms with E-state index in [1.807, 2.05) is 52.0 Å². The maximum absolute atomic E-state index is 12.3. The summed E-state index contributed by atoms with van der Waals surface area (Å²) in [6, 6.07) is 7.56. The van der Waals surface area contributed by atoms with E-state index in [0.717, 1.165) is 5.56 Å². The van der Waals surface area contributed by atoms with Crippen molar-refractivity contribution in [2.75, 3.05) is 13.1 Å². The van der Waals surface area contributed by atoms with Crippen molar-refractivity contribution in [2.24, 2.45) is 5.41 Å². The van der Waals surface area contributed by atoms with Crippen LogP contribution in [0.3, 0.4) is 0 Å². The maximum Gasteiger partial charge on any atom is 0.225 e. The summed E-state index contributed by atoms with van der Waals surface area (Å²) in [6.07, 6.45) is 1.06. The molecule has 0 spiro atoms. The van der Waals surface area contributed by atoms with Gasteiger partial charge in [-0.2, -0.15) is 0 Å². The topological polar surface area (TPSA) is 49.4 Å². The molecule has 0 aromatic heterocycles. The third kappa shape index (κ3) is 6.61. The van der Waals surface area contributed by atoms with Crippen molar-refractivity contribution < 1.29 is 9.59 Å². The monoisotopic (exact) mass is 338 g/mol. The molecule has 0 radical (unpaired) electrons. The molecule has 0 saturated heterocycles. The third-order valence-corrected chi connectivity index (χ3v) is 3.96.